The highest BCUT2D eigenvalue weighted by Gasteiger charge is 2.35. The van der Waals surface area contributed by atoms with Gasteiger partial charge in [0.2, 0.25) is 0 Å². The topological polar surface area (TPSA) is 102 Å². The van der Waals surface area contributed by atoms with Crippen molar-refractivity contribution in [1.29, 1.82) is 5.26 Å². The minimum atomic E-state index is -4.58. The van der Waals surface area contributed by atoms with Crippen molar-refractivity contribution in [2.24, 2.45) is 0 Å². The first-order valence-corrected chi connectivity index (χ1v) is 8.31. The lowest BCUT2D eigenvalue weighted by molar-refractivity contribution is -0.136. The van der Waals surface area contributed by atoms with Crippen LogP contribution in [0.25, 0.3) is 11.0 Å². The van der Waals surface area contributed by atoms with Crippen LogP contribution in [0.2, 0.25) is 5.15 Å². The van der Waals surface area contributed by atoms with E-state index in [2.05, 4.69) is 15.0 Å². The molecule has 0 fully saturated rings. The second-order valence-electron chi connectivity index (χ2n) is 5.19. The number of hydrogen-bond acceptors (Lipinski definition) is 7. The van der Waals surface area contributed by atoms with Gasteiger partial charge in [0.15, 0.2) is 15.9 Å². The molecule has 3 aromatic heterocycles. The van der Waals surface area contributed by atoms with Gasteiger partial charge in [0.25, 0.3) is 0 Å². The predicted octanol–water partition coefficient (Wildman–Crippen LogP) is 4.60. The van der Waals surface area contributed by atoms with Crippen molar-refractivity contribution in [1.82, 2.24) is 15.0 Å². The number of rotatable bonds is 3. The fourth-order valence-corrected chi connectivity index (χ4v) is 3.32. The zero-order valence-electron chi connectivity index (χ0n) is 13.0. The van der Waals surface area contributed by atoms with Crippen LogP contribution in [0.4, 0.5) is 19.0 Å². The Balaban J connectivity index is 2.00. The third-order valence-electron chi connectivity index (χ3n) is 3.38. The molecule has 26 heavy (non-hydrogen) atoms. The van der Waals surface area contributed by atoms with Crippen LogP contribution in [-0.4, -0.2) is 15.0 Å². The van der Waals surface area contributed by atoms with E-state index in [0.717, 1.165) is 11.8 Å². The zero-order valence-corrected chi connectivity index (χ0v) is 14.6. The molecular weight excluding hydrogens is 391 g/mol. The number of thioether (sulfide) groups is 1. The van der Waals surface area contributed by atoms with Crippen molar-refractivity contribution in [3.8, 4) is 6.07 Å². The molecule has 0 aliphatic rings. The molecule has 0 spiro atoms. The van der Waals surface area contributed by atoms with Crippen LogP contribution in [0, 0.1) is 11.3 Å². The molecule has 0 radical (unpaired) electrons. The molecule has 3 heterocycles. The Morgan fingerprint density at radius 1 is 1.31 bits per heavy atom. The van der Waals surface area contributed by atoms with Crippen LogP contribution in [0.3, 0.4) is 0 Å². The van der Waals surface area contributed by atoms with Gasteiger partial charge < -0.3 is 10.2 Å². The van der Waals surface area contributed by atoms with Crippen LogP contribution in [-0.2, 0) is 6.18 Å². The van der Waals surface area contributed by atoms with Gasteiger partial charge in [-0.3, -0.25) is 0 Å². The molecule has 11 heteroatoms. The van der Waals surface area contributed by atoms with Gasteiger partial charge in [-0.05, 0) is 13.0 Å². The number of nitrogen functional groups attached to an aromatic ring is 1. The van der Waals surface area contributed by atoms with Crippen molar-refractivity contribution in [3.05, 3.63) is 40.5 Å². The summed E-state index contributed by atoms with van der Waals surface area (Å²) in [7, 11) is 0. The third-order valence-corrected chi connectivity index (χ3v) is 4.62. The molecule has 0 aliphatic carbocycles. The molecule has 1 unspecified atom stereocenters. The maximum Gasteiger partial charge on any atom is 0.420 e. The normalized spacial score (nSPS) is 12.9. The molecule has 3 aromatic rings. The summed E-state index contributed by atoms with van der Waals surface area (Å²) >= 11 is 7.06. The van der Waals surface area contributed by atoms with E-state index in [1.54, 1.807) is 6.92 Å². The number of fused-ring (bicyclic) bond motifs is 1. The number of pyridine rings is 1. The molecule has 134 valence electrons. The molecular formula is C15H9ClF3N5OS. The van der Waals surface area contributed by atoms with Crippen molar-refractivity contribution in [3.63, 3.8) is 0 Å². The number of nitriles is 1. The molecule has 0 saturated heterocycles. The first-order chi connectivity index (χ1) is 12.2. The summed E-state index contributed by atoms with van der Waals surface area (Å²) in [6.07, 6.45) is -3.97. The van der Waals surface area contributed by atoms with E-state index < -0.39 is 17.0 Å². The van der Waals surface area contributed by atoms with Gasteiger partial charge in [-0.2, -0.15) is 18.4 Å². The standard InChI is InChI=1S/C15H9ClF3N5OS/c1-6(26-14-22-7(4-20)2-11(21)24-14)10-3-8-9(15(17,18)19)5-25-12(8)13(16)23-10/h2-3,5-6H,1H3,(H2,21,22,24). The van der Waals surface area contributed by atoms with Gasteiger partial charge in [-0.15, -0.1) is 0 Å². The lowest BCUT2D eigenvalue weighted by Crippen LogP contribution is -2.04. The third kappa shape index (κ3) is 3.54. The molecule has 3 rings (SSSR count). The van der Waals surface area contributed by atoms with Crippen LogP contribution in [0.1, 0.15) is 29.1 Å². The maximum absolute atomic E-state index is 13.1. The summed E-state index contributed by atoms with van der Waals surface area (Å²) in [4.78, 5) is 12.1. The van der Waals surface area contributed by atoms with E-state index in [4.69, 9.17) is 27.0 Å². The van der Waals surface area contributed by atoms with Crippen molar-refractivity contribution >= 4 is 40.1 Å². The SMILES string of the molecule is CC(Sc1nc(N)cc(C#N)n1)c1cc2c(C(F)(F)F)coc2c(Cl)n1. The number of aromatic nitrogens is 3. The minimum absolute atomic E-state index is 0.0860. The Morgan fingerprint density at radius 3 is 2.69 bits per heavy atom. The quantitative estimate of drug-likeness (QED) is 0.390. The molecule has 6 nitrogen and oxygen atoms in total. The van der Waals surface area contributed by atoms with Crippen molar-refractivity contribution in [2.75, 3.05) is 5.73 Å². The average Bonchev–Trinajstić information content (AvgIpc) is 2.98. The Bertz CT molecular complexity index is 1030. The van der Waals surface area contributed by atoms with Crippen LogP contribution >= 0.6 is 23.4 Å². The maximum atomic E-state index is 13.1. The van der Waals surface area contributed by atoms with E-state index in [9.17, 15) is 13.2 Å². The number of halogens is 4. The van der Waals surface area contributed by atoms with Crippen LogP contribution < -0.4 is 5.73 Å². The fraction of sp³-hybridized carbons (Fsp3) is 0.200. The zero-order chi connectivity index (χ0) is 19.1. The van der Waals surface area contributed by atoms with Crippen LogP contribution in [0.15, 0.2) is 28.0 Å². The summed E-state index contributed by atoms with van der Waals surface area (Å²) in [6, 6.07) is 4.44. The Labute approximate surface area is 154 Å². The Kier molecular flexibility index (Phi) is 4.68. The number of alkyl halides is 3. The van der Waals surface area contributed by atoms with E-state index in [1.807, 2.05) is 6.07 Å². The number of nitrogens with two attached hydrogens (primary N) is 1. The molecule has 2 N–H and O–H groups in total. The highest BCUT2D eigenvalue weighted by atomic mass is 35.5. The summed E-state index contributed by atoms with van der Waals surface area (Å²) in [6.45, 7) is 1.70. The van der Waals surface area contributed by atoms with E-state index in [-0.39, 0.29) is 38.5 Å². The number of hydrogen-bond donors (Lipinski definition) is 1. The largest absolute Gasteiger partial charge is 0.460 e. The number of anilines is 1. The van der Waals surface area contributed by atoms with Crippen LogP contribution in [0.5, 0.6) is 0 Å². The van der Waals surface area contributed by atoms with Gasteiger partial charge in [0, 0.05) is 11.5 Å². The Hall–Kier alpha value is -2.51. The monoisotopic (exact) mass is 399 g/mol. The molecule has 0 amide bonds. The molecule has 0 aromatic carbocycles. The van der Waals surface area contributed by atoms with Gasteiger partial charge in [0.1, 0.15) is 29.4 Å². The van der Waals surface area contributed by atoms with Gasteiger partial charge in [-0.25, -0.2) is 15.0 Å². The van der Waals surface area contributed by atoms with Crippen molar-refractivity contribution < 1.29 is 17.6 Å². The lowest BCUT2D eigenvalue weighted by Gasteiger charge is -2.11. The van der Waals surface area contributed by atoms with Gasteiger partial charge >= 0.3 is 6.18 Å². The van der Waals surface area contributed by atoms with E-state index in [1.165, 1.54) is 12.1 Å². The Morgan fingerprint density at radius 2 is 2.04 bits per heavy atom. The number of nitrogens with zero attached hydrogens (tertiary/aromatic N) is 4. The highest BCUT2D eigenvalue weighted by molar-refractivity contribution is 7.99. The molecule has 0 saturated carbocycles. The van der Waals surface area contributed by atoms with E-state index in [0.29, 0.717) is 6.26 Å². The summed E-state index contributed by atoms with van der Waals surface area (Å²) < 4.78 is 44.2. The first kappa shape index (κ1) is 18.3. The van der Waals surface area contributed by atoms with Gasteiger partial charge in [0.05, 0.1) is 10.9 Å². The summed E-state index contributed by atoms with van der Waals surface area (Å²) in [5.74, 6) is 0.113. The van der Waals surface area contributed by atoms with Crippen molar-refractivity contribution in [2.45, 2.75) is 23.5 Å². The summed E-state index contributed by atoms with van der Waals surface area (Å²) in [5.41, 5.74) is 4.92. The lowest BCUT2D eigenvalue weighted by atomic mass is 10.1. The second-order valence-corrected chi connectivity index (χ2v) is 6.86. The molecule has 1 atom stereocenters. The minimum Gasteiger partial charge on any atom is -0.460 e. The average molecular weight is 400 g/mol. The number of furan rings is 1. The summed E-state index contributed by atoms with van der Waals surface area (Å²) in [5, 5.41) is 8.32. The van der Waals surface area contributed by atoms with Gasteiger partial charge in [-0.1, -0.05) is 23.4 Å². The second kappa shape index (κ2) is 6.66. The fourth-order valence-electron chi connectivity index (χ4n) is 2.21. The predicted molar refractivity (Wildman–Crippen MR) is 89.5 cm³/mol. The molecule has 0 bridgehead atoms. The van der Waals surface area contributed by atoms with E-state index >= 15 is 0 Å². The first-order valence-electron chi connectivity index (χ1n) is 7.05. The smallest absolute Gasteiger partial charge is 0.420 e. The highest BCUT2D eigenvalue weighted by Crippen LogP contribution is 2.40. The molecule has 0 aliphatic heterocycles.